The van der Waals surface area contributed by atoms with E-state index in [1.54, 1.807) is 0 Å². The van der Waals surface area contributed by atoms with Crippen LogP contribution in [0, 0.1) is 20.8 Å². The number of halogens is 4. The van der Waals surface area contributed by atoms with E-state index in [1.165, 1.54) is 18.3 Å². The van der Waals surface area contributed by atoms with Gasteiger partial charge in [0.05, 0.1) is 18.2 Å². The lowest BCUT2D eigenvalue weighted by Crippen LogP contribution is -2.20. The lowest BCUT2D eigenvalue weighted by Gasteiger charge is -2.11. The molecule has 3 rings (SSSR count). The number of nitrogens with zero attached hydrogens (tertiary/aromatic N) is 2. The van der Waals surface area contributed by atoms with Crippen LogP contribution in [0.25, 0.3) is 5.69 Å². The fourth-order valence-electron chi connectivity index (χ4n) is 3.34. The summed E-state index contributed by atoms with van der Waals surface area (Å²) in [6.45, 7) is 5.95. The Bertz CT molecular complexity index is 1150. The number of benzene rings is 2. The van der Waals surface area contributed by atoms with Gasteiger partial charge in [0.15, 0.2) is 0 Å². The van der Waals surface area contributed by atoms with Gasteiger partial charge in [-0.1, -0.05) is 34.1 Å². The van der Waals surface area contributed by atoms with Crippen LogP contribution >= 0.6 is 15.9 Å². The highest BCUT2D eigenvalue weighted by atomic mass is 79.9. The zero-order chi connectivity index (χ0) is 22.8. The van der Waals surface area contributed by atoms with E-state index in [0.29, 0.717) is 0 Å². The molecule has 1 aromatic heterocycles. The second-order valence-electron chi connectivity index (χ2n) is 7.26. The average Bonchev–Trinajstić information content (AvgIpc) is 2.97. The average molecular weight is 492 g/mol. The molecule has 2 aromatic carbocycles. The third kappa shape index (κ3) is 5.44. The molecule has 1 N–H and O–H groups in total. The highest BCUT2D eigenvalue weighted by Crippen LogP contribution is 2.29. The van der Waals surface area contributed by atoms with Crippen LogP contribution in [-0.4, -0.2) is 16.7 Å². The second-order valence-corrected chi connectivity index (χ2v) is 8.12. The van der Waals surface area contributed by atoms with Crippen molar-refractivity contribution in [3.05, 3.63) is 86.6 Å². The van der Waals surface area contributed by atoms with Crippen LogP contribution in [0.2, 0.25) is 0 Å². The number of carbonyl (C=O) groups excluding carboxylic acids is 1. The van der Waals surface area contributed by atoms with E-state index in [2.05, 4.69) is 37.1 Å². The van der Waals surface area contributed by atoms with E-state index >= 15 is 0 Å². The lowest BCUT2D eigenvalue weighted by molar-refractivity contribution is -0.137. The molecule has 162 valence electrons. The molecule has 0 unspecified atom stereocenters. The van der Waals surface area contributed by atoms with Gasteiger partial charge in [-0.2, -0.15) is 18.3 Å². The van der Waals surface area contributed by atoms with Gasteiger partial charge in [-0.15, -0.1) is 0 Å². The predicted octanol–water partition coefficient (Wildman–Crippen LogP) is 5.88. The van der Waals surface area contributed by atoms with Crippen molar-refractivity contribution < 1.29 is 18.0 Å². The van der Waals surface area contributed by atoms with Gasteiger partial charge in [0, 0.05) is 27.1 Å². The number of rotatable bonds is 5. The zero-order valence-corrected chi connectivity index (χ0v) is 18.8. The number of aryl methyl sites for hydroxylation is 2. The minimum absolute atomic E-state index is 0.196. The van der Waals surface area contributed by atoms with Crippen molar-refractivity contribution >= 4 is 28.1 Å². The number of hydrogen-bond donors (Lipinski definition) is 1. The summed E-state index contributed by atoms with van der Waals surface area (Å²) in [4.78, 5) is 12.1. The molecule has 0 aliphatic carbocycles. The number of carbonyl (C=O) groups is 1. The molecule has 1 amide bonds. The van der Waals surface area contributed by atoms with Crippen molar-refractivity contribution in [2.45, 2.75) is 33.4 Å². The molecule has 1 heterocycles. The third-order valence-electron chi connectivity index (χ3n) is 4.88. The van der Waals surface area contributed by atoms with Crippen molar-refractivity contribution in [2.75, 3.05) is 0 Å². The summed E-state index contributed by atoms with van der Waals surface area (Å²) in [5.41, 5.74) is 6.80. The van der Waals surface area contributed by atoms with Gasteiger partial charge < -0.3 is 4.57 Å². The van der Waals surface area contributed by atoms with Crippen LogP contribution in [0.4, 0.5) is 13.2 Å². The summed E-state index contributed by atoms with van der Waals surface area (Å²) in [7, 11) is 0. The van der Waals surface area contributed by atoms with E-state index < -0.39 is 17.6 Å². The van der Waals surface area contributed by atoms with E-state index in [0.717, 1.165) is 44.8 Å². The first-order valence-corrected chi connectivity index (χ1v) is 10.3. The highest BCUT2D eigenvalue weighted by Gasteiger charge is 2.30. The molecule has 0 spiro atoms. The van der Waals surface area contributed by atoms with Crippen LogP contribution in [-0.2, 0) is 17.4 Å². The Balaban J connectivity index is 1.70. The minimum Gasteiger partial charge on any atom is -0.318 e. The van der Waals surface area contributed by atoms with Crippen molar-refractivity contribution in [3.8, 4) is 5.69 Å². The lowest BCUT2D eigenvalue weighted by atomic mass is 10.1. The summed E-state index contributed by atoms with van der Waals surface area (Å²) in [5, 5.41) is 3.98. The van der Waals surface area contributed by atoms with Crippen molar-refractivity contribution in [2.24, 2.45) is 5.10 Å². The van der Waals surface area contributed by atoms with Crippen LogP contribution in [0.5, 0.6) is 0 Å². The Morgan fingerprint density at radius 2 is 1.87 bits per heavy atom. The topological polar surface area (TPSA) is 46.4 Å². The SMILES string of the molecule is Cc1cc(-n2c(C)cc(/C=N/NC(=O)Cc3cccc(C(F)(F)F)c3)c2C)ccc1Br. The van der Waals surface area contributed by atoms with E-state index in [4.69, 9.17) is 0 Å². The second kappa shape index (κ2) is 9.09. The van der Waals surface area contributed by atoms with Gasteiger partial charge in [-0.3, -0.25) is 4.79 Å². The van der Waals surface area contributed by atoms with Gasteiger partial charge in [0.1, 0.15) is 0 Å². The largest absolute Gasteiger partial charge is 0.416 e. The number of alkyl halides is 3. The maximum atomic E-state index is 12.8. The van der Waals surface area contributed by atoms with Gasteiger partial charge in [-0.05, 0) is 62.2 Å². The first-order valence-electron chi connectivity index (χ1n) is 9.50. The monoisotopic (exact) mass is 491 g/mol. The van der Waals surface area contributed by atoms with E-state index in [9.17, 15) is 18.0 Å². The van der Waals surface area contributed by atoms with Crippen molar-refractivity contribution in [1.82, 2.24) is 9.99 Å². The molecule has 0 fully saturated rings. The Labute approximate surface area is 186 Å². The molecule has 3 aromatic rings. The maximum Gasteiger partial charge on any atom is 0.416 e. The number of amides is 1. The van der Waals surface area contributed by atoms with E-state index in [-0.39, 0.29) is 12.0 Å². The Kier molecular flexibility index (Phi) is 6.69. The fourth-order valence-corrected chi connectivity index (χ4v) is 3.59. The van der Waals surface area contributed by atoms with Crippen molar-refractivity contribution in [3.63, 3.8) is 0 Å². The van der Waals surface area contributed by atoms with Crippen LogP contribution in [0.1, 0.15) is 33.6 Å². The number of nitrogens with one attached hydrogen (secondary N) is 1. The summed E-state index contributed by atoms with van der Waals surface area (Å²) >= 11 is 3.50. The third-order valence-corrected chi connectivity index (χ3v) is 5.77. The van der Waals surface area contributed by atoms with Gasteiger partial charge in [0.2, 0.25) is 5.91 Å². The van der Waals surface area contributed by atoms with E-state index in [1.807, 2.05) is 39.0 Å². The first kappa shape index (κ1) is 22.8. The molecule has 0 aliphatic heterocycles. The Morgan fingerprint density at radius 1 is 1.13 bits per heavy atom. The smallest absolute Gasteiger partial charge is 0.318 e. The van der Waals surface area contributed by atoms with Gasteiger partial charge in [-0.25, -0.2) is 5.43 Å². The summed E-state index contributed by atoms with van der Waals surface area (Å²) < 4.78 is 41.5. The molecule has 0 aliphatic rings. The molecule has 0 bridgehead atoms. The predicted molar refractivity (Wildman–Crippen MR) is 119 cm³/mol. The molecule has 0 saturated heterocycles. The number of hydrazone groups is 1. The van der Waals surface area contributed by atoms with Crippen LogP contribution < -0.4 is 5.43 Å². The quantitative estimate of drug-likeness (QED) is 0.351. The summed E-state index contributed by atoms with van der Waals surface area (Å²) in [6.07, 6.45) is -3.10. The standard InChI is InChI=1S/C23H21BrF3N3O/c1-14-9-20(7-8-21(14)24)30-15(2)10-18(16(30)3)13-28-29-22(31)12-17-5-4-6-19(11-17)23(25,26)27/h4-11,13H,12H2,1-3H3,(H,29,31)/b28-13+. The molecule has 31 heavy (non-hydrogen) atoms. The summed E-state index contributed by atoms with van der Waals surface area (Å²) in [6, 6.07) is 12.7. The fraction of sp³-hybridized carbons (Fsp3) is 0.217. The normalized spacial score (nSPS) is 11.8. The maximum absolute atomic E-state index is 12.8. The van der Waals surface area contributed by atoms with Crippen molar-refractivity contribution in [1.29, 1.82) is 0 Å². The molecule has 8 heteroatoms. The van der Waals surface area contributed by atoms with Gasteiger partial charge >= 0.3 is 6.18 Å². The minimum atomic E-state index is -4.44. The molecule has 0 saturated carbocycles. The Morgan fingerprint density at radius 3 is 2.55 bits per heavy atom. The van der Waals surface area contributed by atoms with Crippen LogP contribution in [0.3, 0.4) is 0 Å². The molecular weight excluding hydrogens is 471 g/mol. The highest BCUT2D eigenvalue weighted by molar-refractivity contribution is 9.10. The van der Waals surface area contributed by atoms with Gasteiger partial charge in [0.25, 0.3) is 0 Å². The number of hydrogen-bond acceptors (Lipinski definition) is 2. The zero-order valence-electron chi connectivity index (χ0n) is 17.2. The molecular formula is C23H21BrF3N3O. The van der Waals surface area contributed by atoms with Crippen LogP contribution in [0.15, 0.2) is 58.1 Å². The molecule has 4 nitrogen and oxygen atoms in total. The Hall–Kier alpha value is -2.87. The first-order chi connectivity index (χ1) is 14.6. The molecule has 0 atom stereocenters. The molecule has 0 radical (unpaired) electrons. The summed E-state index contributed by atoms with van der Waals surface area (Å²) in [5.74, 6) is -0.493. The number of aromatic nitrogens is 1.